The molecule has 0 N–H and O–H groups in total. The van der Waals surface area contributed by atoms with Crippen LogP contribution in [0.4, 0.5) is 0 Å². The van der Waals surface area contributed by atoms with Crippen molar-refractivity contribution >= 4 is 16.9 Å². The number of benzene rings is 1. The average molecular weight is 360 g/mol. The van der Waals surface area contributed by atoms with Crippen LogP contribution in [-0.4, -0.2) is 43.9 Å². The number of aromatic nitrogens is 3. The van der Waals surface area contributed by atoms with Crippen molar-refractivity contribution in [3.8, 4) is 5.75 Å². The maximum Gasteiger partial charge on any atom is 0.274 e. The van der Waals surface area contributed by atoms with Crippen LogP contribution in [0.15, 0.2) is 55.0 Å². The first-order valence-electron chi connectivity index (χ1n) is 9.39. The van der Waals surface area contributed by atoms with Crippen LogP contribution >= 0.6 is 0 Å². The molecule has 2 atom stereocenters. The van der Waals surface area contributed by atoms with E-state index in [1.807, 2.05) is 41.3 Å². The van der Waals surface area contributed by atoms with E-state index < -0.39 is 0 Å². The zero-order valence-corrected chi connectivity index (χ0v) is 14.9. The molecule has 2 aromatic heterocycles. The van der Waals surface area contributed by atoms with Gasteiger partial charge in [-0.25, -0.2) is 4.98 Å². The van der Waals surface area contributed by atoms with E-state index in [-0.39, 0.29) is 24.1 Å². The highest BCUT2D eigenvalue weighted by Gasteiger charge is 2.44. The number of amides is 1. The predicted molar refractivity (Wildman–Crippen MR) is 100 cm³/mol. The van der Waals surface area contributed by atoms with Gasteiger partial charge in [-0.3, -0.25) is 14.8 Å². The molecule has 2 bridgehead atoms. The molecule has 6 nitrogen and oxygen atoms in total. The Morgan fingerprint density at radius 2 is 1.70 bits per heavy atom. The lowest BCUT2D eigenvalue weighted by Crippen LogP contribution is -2.49. The molecule has 0 aliphatic carbocycles. The van der Waals surface area contributed by atoms with Gasteiger partial charge in [0.1, 0.15) is 17.5 Å². The SMILES string of the molecule is O=C(c1cnc2ccccc2n1)N1C2CCC1CC(Oc1ccncc1)C2. The molecular formula is C21H20N4O2. The lowest BCUT2D eigenvalue weighted by atomic mass is 9.99. The van der Waals surface area contributed by atoms with Crippen LogP contribution in [0.3, 0.4) is 0 Å². The van der Waals surface area contributed by atoms with Crippen LogP contribution in [0.1, 0.15) is 36.2 Å². The molecule has 2 aliphatic heterocycles. The zero-order chi connectivity index (χ0) is 18.2. The number of hydrogen-bond acceptors (Lipinski definition) is 5. The van der Waals surface area contributed by atoms with Gasteiger partial charge >= 0.3 is 0 Å². The van der Waals surface area contributed by atoms with Crippen LogP contribution in [0, 0.1) is 0 Å². The number of pyridine rings is 1. The normalized spacial score (nSPS) is 24.1. The molecule has 27 heavy (non-hydrogen) atoms. The predicted octanol–water partition coefficient (Wildman–Crippen LogP) is 3.24. The molecule has 2 aliphatic rings. The highest BCUT2D eigenvalue weighted by atomic mass is 16.5. The Bertz CT molecular complexity index is 964. The summed E-state index contributed by atoms with van der Waals surface area (Å²) in [6, 6.07) is 11.8. The first kappa shape index (κ1) is 16.2. The number of para-hydroxylation sites is 2. The Labute approximate surface area is 157 Å². The van der Waals surface area contributed by atoms with Gasteiger partial charge in [0.2, 0.25) is 0 Å². The standard InChI is InChI=1S/C21H20N4O2/c26-21(20-13-23-18-3-1-2-4-19(18)24-20)25-14-5-6-15(25)12-17(11-14)27-16-7-9-22-10-8-16/h1-4,7-10,13-15,17H,5-6,11-12H2. The van der Waals surface area contributed by atoms with E-state index in [9.17, 15) is 4.79 Å². The summed E-state index contributed by atoms with van der Waals surface area (Å²) in [4.78, 5) is 28.1. The lowest BCUT2D eigenvalue weighted by Gasteiger charge is -2.38. The summed E-state index contributed by atoms with van der Waals surface area (Å²) in [5.74, 6) is 0.831. The highest BCUT2D eigenvalue weighted by Crippen LogP contribution is 2.38. The molecule has 0 radical (unpaired) electrons. The fraction of sp³-hybridized carbons (Fsp3) is 0.333. The third-order valence-corrected chi connectivity index (χ3v) is 5.54. The quantitative estimate of drug-likeness (QED) is 0.717. The first-order chi connectivity index (χ1) is 13.3. The largest absolute Gasteiger partial charge is 0.490 e. The van der Waals surface area contributed by atoms with Gasteiger partial charge in [0.15, 0.2) is 0 Å². The van der Waals surface area contributed by atoms with Crippen molar-refractivity contribution in [3.05, 3.63) is 60.7 Å². The summed E-state index contributed by atoms with van der Waals surface area (Å²) >= 11 is 0. The Morgan fingerprint density at radius 3 is 2.44 bits per heavy atom. The van der Waals surface area contributed by atoms with Gasteiger partial charge in [-0.1, -0.05) is 12.1 Å². The Hall–Kier alpha value is -3.02. The molecule has 1 aromatic carbocycles. The van der Waals surface area contributed by atoms with E-state index in [1.54, 1.807) is 18.6 Å². The second kappa shape index (κ2) is 6.61. The number of nitrogens with zero attached hydrogens (tertiary/aromatic N) is 4. The summed E-state index contributed by atoms with van der Waals surface area (Å²) in [7, 11) is 0. The van der Waals surface area contributed by atoms with Crippen LogP contribution in [0.25, 0.3) is 11.0 Å². The minimum absolute atomic E-state index is 0.0110. The molecule has 1 amide bonds. The minimum atomic E-state index is -0.0110. The van der Waals surface area contributed by atoms with Crippen molar-refractivity contribution in [1.29, 1.82) is 0 Å². The summed E-state index contributed by atoms with van der Waals surface area (Å²) in [5.41, 5.74) is 1.99. The van der Waals surface area contributed by atoms with E-state index >= 15 is 0 Å². The van der Waals surface area contributed by atoms with Gasteiger partial charge in [-0.2, -0.15) is 0 Å². The molecule has 6 heteroatoms. The van der Waals surface area contributed by atoms with E-state index in [0.29, 0.717) is 5.69 Å². The van der Waals surface area contributed by atoms with Gasteiger partial charge in [0.25, 0.3) is 5.91 Å². The van der Waals surface area contributed by atoms with Gasteiger partial charge in [-0.05, 0) is 37.1 Å². The number of piperidine rings is 1. The van der Waals surface area contributed by atoms with E-state index in [1.165, 1.54) is 0 Å². The topological polar surface area (TPSA) is 68.2 Å². The summed E-state index contributed by atoms with van der Waals surface area (Å²) < 4.78 is 6.12. The third-order valence-electron chi connectivity index (χ3n) is 5.54. The van der Waals surface area contributed by atoms with Crippen LogP contribution in [0.2, 0.25) is 0 Å². The molecule has 5 rings (SSSR count). The molecule has 2 fully saturated rings. The lowest BCUT2D eigenvalue weighted by molar-refractivity contribution is 0.0354. The Kier molecular flexibility index (Phi) is 3.96. The van der Waals surface area contributed by atoms with Crippen molar-refractivity contribution in [3.63, 3.8) is 0 Å². The van der Waals surface area contributed by atoms with Crippen LogP contribution < -0.4 is 4.74 Å². The average Bonchev–Trinajstić information content (AvgIpc) is 2.98. The molecule has 0 spiro atoms. The summed E-state index contributed by atoms with van der Waals surface area (Å²) in [6.07, 6.45) is 8.96. The first-order valence-corrected chi connectivity index (χ1v) is 9.39. The Balaban J connectivity index is 1.34. The van der Waals surface area contributed by atoms with E-state index in [0.717, 1.165) is 42.5 Å². The zero-order valence-electron chi connectivity index (χ0n) is 14.9. The van der Waals surface area contributed by atoms with Crippen molar-refractivity contribution in [2.24, 2.45) is 0 Å². The van der Waals surface area contributed by atoms with Gasteiger partial charge in [0, 0.05) is 37.3 Å². The molecule has 2 unspecified atom stereocenters. The summed E-state index contributed by atoms with van der Waals surface area (Å²) in [5, 5.41) is 0. The van der Waals surface area contributed by atoms with Crippen LogP contribution in [0.5, 0.6) is 5.75 Å². The number of carbonyl (C=O) groups excluding carboxylic acids is 1. The van der Waals surface area contributed by atoms with Gasteiger partial charge < -0.3 is 9.64 Å². The molecule has 0 saturated carbocycles. The summed E-state index contributed by atoms with van der Waals surface area (Å²) in [6.45, 7) is 0. The van der Waals surface area contributed by atoms with Crippen LogP contribution in [-0.2, 0) is 0 Å². The van der Waals surface area contributed by atoms with Gasteiger partial charge in [-0.15, -0.1) is 0 Å². The monoisotopic (exact) mass is 360 g/mol. The minimum Gasteiger partial charge on any atom is -0.490 e. The highest BCUT2D eigenvalue weighted by molar-refractivity contribution is 5.94. The molecule has 136 valence electrons. The maximum atomic E-state index is 13.1. The number of rotatable bonds is 3. The van der Waals surface area contributed by atoms with Crippen molar-refractivity contribution in [1.82, 2.24) is 19.9 Å². The van der Waals surface area contributed by atoms with Crippen molar-refractivity contribution in [2.75, 3.05) is 0 Å². The second-order valence-corrected chi connectivity index (χ2v) is 7.24. The number of carbonyl (C=O) groups is 1. The number of hydrogen-bond donors (Lipinski definition) is 0. The fourth-order valence-corrected chi connectivity index (χ4v) is 4.36. The maximum absolute atomic E-state index is 13.1. The number of fused-ring (bicyclic) bond motifs is 3. The second-order valence-electron chi connectivity index (χ2n) is 7.24. The van der Waals surface area contributed by atoms with Crippen molar-refractivity contribution < 1.29 is 9.53 Å². The van der Waals surface area contributed by atoms with E-state index in [4.69, 9.17) is 4.74 Å². The third kappa shape index (κ3) is 3.01. The molecule has 2 saturated heterocycles. The fourth-order valence-electron chi connectivity index (χ4n) is 4.36. The molecule has 4 heterocycles. The molecule has 3 aromatic rings. The van der Waals surface area contributed by atoms with Gasteiger partial charge in [0.05, 0.1) is 17.2 Å². The smallest absolute Gasteiger partial charge is 0.274 e. The van der Waals surface area contributed by atoms with E-state index in [2.05, 4.69) is 15.0 Å². The Morgan fingerprint density at radius 1 is 1.00 bits per heavy atom. The van der Waals surface area contributed by atoms with Crippen molar-refractivity contribution in [2.45, 2.75) is 43.9 Å². The molecular weight excluding hydrogens is 340 g/mol. The number of ether oxygens (including phenoxy) is 1.